The van der Waals surface area contributed by atoms with Gasteiger partial charge in [0.2, 0.25) is 0 Å². The number of phosphoric ester groups is 2. The minimum absolute atomic E-state index is 0.0594. The van der Waals surface area contributed by atoms with Crippen LogP contribution < -0.4 is 0 Å². The number of hydrogen-bond donors (Lipinski definition) is 3. The molecule has 0 aliphatic rings. The van der Waals surface area contributed by atoms with Gasteiger partial charge in [-0.1, -0.05) is 250 Å². The molecule has 19 heteroatoms. The maximum absolute atomic E-state index is 13.1. The fraction of sp³-hybridized carbons (Fsp3) is 0.620. The van der Waals surface area contributed by atoms with Crippen LogP contribution in [0.3, 0.4) is 0 Å². The van der Waals surface area contributed by atoms with E-state index in [1.54, 1.807) is 6.08 Å². The zero-order valence-electron chi connectivity index (χ0n) is 60.4. The third-order valence-corrected chi connectivity index (χ3v) is 16.4. The van der Waals surface area contributed by atoms with Gasteiger partial charge in [-0.3, -0.25) is 37.3 Å². The van der Waals surface area contributed by atoms with Crippen LogP contribution in [0.15, 0.2) is 158 Å². The number of hydrogen-bond acceptors (Lipinski definition) is 15. The Labute approximate surface area is 591 Å². The molecular formula is C79H128O17P2. The summed E-state index contributed by atoms with van der Waals surface area (Å²) in [4.78, 5) is 72.7. The molecule has 0 saturated carbocycles. The molecular weight excluding hydrogens is 1280 g/mol. The van der Waals surface area contributed by atoms with Gasteiger partial charge in [-0.2, -0.15) is 0 Å². The maximum Gasteiger partial charge on any atom is 0.472 e. The maximum atomic E-state index is 13.1. The van der Waals surface area contributed by atoms with E-state index in [1.165, 1.54) is 6.42 Å². The van der Waals surface area contributed by atoms with Crippen molar-refractivity contribution in [1.82, 2.24) is 0 Å². The first-order valence-corrected chi connectivity index (χ1v) is 39.7. The van der Waals surface area contributed by atoms with Gasteiger partial charge in [0.05, 0.1) is 32.8 Å². The normalized spacial score (nSPS) is 14.9. The van der Waals surface area contributed by atoms with Gasteiger partial charge in [-0.05, 0) is 141 Å². The van der Waals surface area contributed by atoms with Crippen LogP contribution in [0.4, 0.5) is 0 Å². The van der Waals surface area contributed by atoms with Crippen LogP contribution in [0.2, 0.25) is 0 Å². The van der Waals surface area contributed by atoms with E-state index in [-0.39, 0.29) is 25.7 Å². The van der Waals surface area contributed by atoms with Crippen molar-refractivity contribution < 1.29 is 80.2 Å². The quantitative estimate of drug-likeness (QED) is 0.0169. The van der Waals surface area contributed by atoms with Crippen LogP contribution in [-0.2, 0) is 65.4 Å². The molecule has 0 fully saturated rings. The molecule has 0 aliphatic carbocycles. The lowest BCUT2D eigenvalue weighted by Crippen LogP contribution is -2.30. The minimum atomic E-state index is -5.00. The fourth-order valence-corrected chi connectivity index (χ4v) is 10.6. The molecule has 0 rings (SSSR count). The molecule has 0 aromatic heterocycles. The average Bonchev–Trinajstić information content (AvgIpc) is 0.985. The van der Waals surface area contributed by atoms with Gasteiger partial charge >= 0.3 is 39.5 Å². The molecule has 17 nitrogen and oxygen atoms in total. The molecule has 0 radical (unpaired) electrons. The lowest BCUT2D eigenvalue weighted by molar-refractivity contribution is -0.161. The summed E-state index contributed by atoms with van der Waals surface area (Å²) in [5, 5.41) is 10.6. The van der Waals surface area contributed by atoms with Crippen LogP contribution >= 0.6 is 15.6 Å². The third-order valence-electron chi connectivity index (χ3n) is 14.5. The molecule has 0 amide bonds. The number of unbranched alkanes of at least 4 members (excludes halogenated alkanes) is 16. The molecule has 0 aliphatic heterocycles. The number of ether oxygens (including phenoxy) is 4. The van der Waals surface area contributed by atoms with E-state index in [4.69, 9.17) is 37.0 Å². The van der Waals surface area contributed by atoms with Gasteiger partial charge in [-0.15, -0.1) is 0 Å². The second-order valence-corrected chi connectivity index (χ2v) is 26.7. The van der Waals surface area contributed by atoms with E-state index in [2.05, 4.69) is 161 Å². The monoisotopic (exact) mass is 1410 g/mol. The Balaban J connectivity index is 5.45. The molecule has 0 heterocycles. The zero-order chi connectivity index (χ0) is 71.8. The summed E-state index contributed by atoms with van der Waals surface area (Å²) in [6, 6.07) is 0. The van der Waals surface area contributed by atoms with Crippen molar-refractivity contribution in [2.24, 2.45) is 0 Å². The molecule has 556 valence electrons. The lowest BCUT2D eigenvalue weighted by atomic mass is 10.1. The standard InChI is InChI=1S/C79H128O17P2/c1-5-9-13-17-21-25-29-32-35-36-39-41-45-48-52-56-60-64-77(82)90-70-75(96-79(84)66-62-58-54-50-46-42-38-34-31-27-23-19-15-11-7-3)72-94-98(87,88)92-68-73(80)67-91-97(85,86)93-71-74(95-78(83)65-61-57-53-49-43-28-24-20-16-12-8-4)69-89-76(81)63-59-55-51-47-44-40-37-33-30-26-22-18-14-10-6-2/h9-11,13-15,20-27,32-35,37-39,41,44,47,55,59,73-75,80H,5-8,12,16-19,28-31,36,40,42-43,45-46,48-54,56-58,60-72H2,1-4H3,(H,85,86)(H,87,88)/b13-9-,14-10-,15-11-,24-20-,25-21-,26-22-,27-23-,35-32-,37-33-,38-34-,41-39-,47-44-,59-55-. The molecule has 0 spiro atoms. The van der Waals surface area contributed by atoms with Crippen LogP contribution in [0, 0.1) is 0 Å². The van der Waals surface area contributed by atoms with Crippen LogP contribution in [0.25, 0.3) is 0 Å². The molecule has 3 N–H and O–H groups in total. The van der Waals surface area contributed by atoms with Crippen LogP contribution in [0.5, 0.6) is 0 Å². The largest absolute Gasteiger partial charge is 0.472 e. The van der Waals surface area contributed by atoms with Gasteiger partial charge in [0.15, 0.2) is 12.2 Å². The highest BCUT2D eigenvalue weighted by atomic mass is 31.2. The Hall–Kier alpha value is -5.32. The SMILES string of the molecule is CC/C=C\C/C=C\C/C=C\C/C=C\C/C=C\CC(=O)OCC(COP(=O)(O)OCC(O)COP(=O)(O)OCC(COC(=O)CCCCCC/C=C\C/C=C\C/C=C\C/C=C\CC)OC(=O)CCCCCCC/C=C\C/C=C\C/C=C\CC)OC(=O)CCCCCCC/C=C\CCCC. The van der Waals surface area contributed by atoms with Crippen molar-refractivity contribution in [3.63, 3.8) is 0 Å². The van der Waals surface area contributed by atoms with E-state index in [1.807, 2.05) is 18.2 Å². The van der Waals surface area contributed by atoms with Crippen LogP contribution in [-0.4, -0.2) is 96.7 Å². The number of aliphatic hydroxyl groups is 1. The molecule has 0 bridgehead atoms. The van der Waals surface area contributed by atoms with Gasteiger partial charge < -0.3 is 33.8 Å². The first kappa shape index (κ1) is 92.7. The van der Waals surface area contributed by atoms with Crippen molar-refractivity contribution in [3.8, 4) is 0 Å². The van der Waals surface area contributed by atoms with E-state index in [0.717, 1.165) is 173 Å². The highest BCUT2D eigenvalue weighted by molar-refractivity contribution is 7.47. The average molecular weight is 1410 g/mol. The topological polar surface area (TPSA) is 237 Å². The van der Waals surface area contributed by atoms with Gasteiger partial charge in [0, 0.05) is 19.3 Å². The number of allylic oxidation sites excluding steroid dienone is 25. The van der Waals surface area contributed by atoms with Crippen molar-refractivity contribution in [2.75, 3.05) is 39.6 Å². The summed E-state index contributed by atoms with van der Waals surface area (Å²) in [6.45, 7) is 4.28. The van der Waals surface area contributed by atoms with Gasteiger partial charge in [0.1, 0.15) is 19.3 Å². The first-order valence-electron chi connectivity index (χ1n) is 36.7. The van der Waals surface area contributed by atoms with Gasteiger partial charge in [-0.25, -0.2) is 9.13 Å². The number of rotatable bonds is 67. The van der Waals surface area contributed by atoms with Crippen molar-refractivity contribution in [1.29, 1.82) is 0 Å². The molecule has 0 saturated heterocycles. The van der Waals surface area contributed by atoms with Crippen LogP contribution in [0.1, 0.15) is 259 Å². The highest BCUT2D eigenvalue weighted by Crippen LogP contribution is 2.45. The molecule has 5 unspecified atom stereocenters. The summed E-state index contributed by atoms with van der Waals surface area (Å²) < 4.78 is 68.2. The number of esters is 4. The number of carbonyl (C=O) groups is 4. The molecule has 0 aromatic rings. The second-order valence-electron chi connectivity index (χ2n) is 23.8. The minimum Gasteiger partial charge on any atom is -0.462 e. The fourth-order valence-electron chi connectivity index (χ4n) is 8.98. The Morgan fingerprint density at radius 3 is 0.918 bits per heavy atom. The van der Waals surface area contributed by atoms with Gasteiger partial charge in [0.25, 0.3) is 0 Å². The highest BCUT2D eigenvalue weighted by Gasteiger charge is 2.30. The number of aliphatic hydroxyl groups excluding tert-OH is 1. The predicted molar refractivity (Wildman–Crippen MR) is 399 cm³/mol. The molecule has 0 aromatic carbocycles. The number of phosphoric acid groups is 2. The van der Waals surface area contributed by atoms with E-state index >= 15 is 0 Å². The van der Waals surface area contributed by atoms with Crippen molar-refractivity contribution in [2.45, 2.75) is 277 Å². The van der Waals surface area contributed by atoms with E-state index in [0.29, 0.717) is 25.7 Å². The first-order chi connectivity index (χ1) is 47.7. The number of carbonyl (C=O) groups excluding carboxylic acids is 4. The second kappa shape index (κ2) is 70.1. The predicted octanol–water partition coefficient (Wildman–Crippen LogP) is 20.9. The van der Waals surface area contributed by atoms with E-state index < -0.39 is 97.5 Å². The Kier molecular flexibility index (Phi) is 66.3. The summed E-state index contributed by atoms with van der Waals surface area (Å²) in [6.07, 6.45) is 79.9. The summed E-state index contributed by atoms with van der Waals surface area (Å²) in [5.74, 6) is -2.39. The Morgan fingerprint density at radius 1 is 0.306 bits per heavy atom. The zero-order valence-corrected chi connectivity index (χ0v) is 62.2. The third kappa shape index (κ3) is 69.2. The molecule has 98 heavy (non-hydrogen) atoms. The smallest absolute Gasteiger partial charge is 0.462 e. The van der Waals surface area contributed by atoms with Crippen molar-refractivity contribution in [3.05, 3.63) is 158 Å². The summed E-state index contributed by atoms with van der Waals surface area (Å²) >= 11 is 0. The summed E-state index contributed by atoms with van der Waals surface area (Å²) in [7, 11) is -9.99. The van der Waals surface area contributed by atoms with Crippen molar-refractivity contribution >= 4 is 39.5 Å². The Morgan fingerprint density at radius 2 is 0.571 bits per heavy atom. The summed E-state index contributed by atoms with van der Waals surface area (Å²) in [5.41, 5.74) is 0. The molecule has 5 atom stereocenters. The van der Waals surface area contributed by atoms with E-state index in [9.17, 15) is 43.2 Å². The Bertz CT molecular complexity index is 2480. The lowest BCUT2D eigenvalue weighted by Gasteiger charge is -2.21.